The molecule has 2 aliphatic heterocycles. The molecule has 0 bridgehead atoms. The molecule has 0 amide bonds. The summed E-state index contributed by atoms with van der Waals surface area (Å²) in [5, 5.41) is 13.3. The SMILES string of the molecule is c1cc2c3c(c1)-n1c4ccccc4c4c5c6ccccc6c6ccccc6c5cc(c41)B3c1cccc3c4ccccc4n-2c13. The number of rotatable bonds is 0. The van der Waals surface area contributed by atoms with Crippen LogP contribution in [0.15, 0.2) is 140 Å². The molecule has 8 aromatic carbocycles. The van der Waals surface area contributed by atoms with Gasteiger partial charge in [-0.1, -0.05) is 115 Å². The average molecular weight is 566 g/mol. The predicted molar refractivity (Wildman–Crippen MR) is 192 cm³/mol. The monoisotopic (exact) mass is 566 g/mol. The second-order valence-electron chi connectivity index (χ2n) is 12.8. The highest BCUT2D eigenvalue weighted by atomic mass is 15.0. The van der Waals surface area contributed by atoms with Gasteiger partial charge < -0.3 is 9.13 Å². The normalized spacial score (nSPS) is 13.3. The zero-order chi connectivity index (χ0) is 29.0. The molecule has 10 aromatic rings. The molecule has 0 aliphatic carbocycles. The molecule has 4 heterocycles. The highest BCUT2D eigenvalue weighted by molar-refractivity contribution is 7.00. The first-order chi connectivity index (χ1) is 22.4. The maximum Gasteiger partial charge on any atom is 0.252 e. The van der Waals surface area contributed by atoms with Gasteiger partial charge in [-0.3, -0.25) is 0 Å². The van der Waals surface area contributed by atoms with E-state index in [2.05, 4.69) is 149 Å². The van der Waals surface area contributed by atoms with Crippen LogP contribution in [0.25, 0.3) is 87.3 Å². The molecule has 0 atom stereocenters. The maximum absolute atomic E-state index is 2.58. The molecule has 0 spiro atoms. The molecular weight excluding hydrogens is 543 g/mol. The van der Waals surface area contributed by atoms with Crippen LogP contribution in [0.1, 0.15) is 0 Å². The van der Waals surface area contributed by atoms with E-state index in [0.717, 1.165) is 0 Å². The smallest absolute Gasteiger partial charge is 0.252 e. The topological polar surface area (TPSA) is 9.86 Å². The Morgan fingerprint density at radius 2 is 0.889 bits per heavy atom. The van der Waals surface area contributed by atoms with Crippen LogP contribution in [0.4, 0.5) is 0 Å². The van der Waals surface area contributed by atoms with E-state index in [1.807, 2.05) is 0 Å². The lowest BCUT2D eigenvalue weighted by Crippen LogP contribution is -2.59. The maximum atomic E-state index is 2.58. The van der Waals surface area contributed by atoms with Gasteiger partial charge >= 0.3 is 0 Å². The second kappa shape index (κ2) is 7.64. The van der Waals surface area contributed by atoms with Crippen LogP contribution in [0.3, 0.4) is 0 Å². The predicted octanol–water partition coefficient (Wildman–Crippen LogP) is 8.48. The fourth-order valence-corrected chi connectivity index (χ4v) is 9.28. The van der Waals surface area contributed by atoms with Crippen LogP contribution in [0.5, 0.6) is 0 Å². The van der Waals surface area contributed by atoms with Crippen LogP contribution >= 0.6 is 0 Å². The van der Waals surface area contributed by atoms with Crippen molar-refractivity contribution in [1.82, 2.24) is 9.13 Å². The lowest BCUT2D eigenvalue weighted by atomic mass is 9.34. The van der Waals surface area contributed by atoms with Gasteiger partial charge in [0.2, 0.25) is 0 Å². The molecule has 0 saturated heterocycles. The van der Waals surface area contributed by atoms with Crippen LogP contribution in [0, 0.1) is 0 Å². The van der Waals surface area contributed by atoms with E-state index in [1.165, 1.54) is 104 Å². The number of nitrogens with zero attached hydrogens (tertiary/aromatic N) is 2. The number of benzene rings is 8. The van der Waals surface area contributed by atoms with Gasteiger partial charge in [0.1, 0.15) is 0 Å². The summed E-state index contributed by atoms with van der Waals surface area (Å²) in [6.07, 6.45) is 0. The van der Waals surface area contributed by atoms with E-state index in [1.54, 1.807) is 0 Å². The van der Waals surface area contributed by atoms with Gasteiger partial charge in [0.25, 0.3) is 6.71 Å². The molecule has 3 heteroatoms. The van der Waals surface area contributed by atoms with Gasteiger partial charge in [0, 0.05) is 43.8 Å². The minimum absolute atomic E-state index is 0.130. The zero-order valence-corrected chi connectivity index (χ0v) is 24.3. The molecule has 204 valence electrons. The van der Waals surface area contributed by atoms with E-state index < -0.39 is 0 Å². The second-order valence-corrected chi connectivity index (χ2v) is 12.8. The molecule has 0 saturated carbocycles. The molecule has 12 rings (SSSR count). The fourth-order valence-electron chi connectivity index (χ4n) is 9.28. The standard InChI is InChI=1S/C42H23BN2/c1-2-13-26-24(11-1)25-12-3-4-15-28(25)38-31(26)23-33-42-39(38)30-16-6-8-20-35(30)45(42)37-22-10-21-36-40(37)43(33)32-18-9-17-29-27-14-5-7-19-34(27)44(36)41(29)32/h1-23H. The van der Waals surface area contributed by atoms with Crippen molar-refractivity contribution in [3.05, 3.63) is 140 Å². The van der Waals surface area contributed by atoms with Gasteiger partial charge in [0.15, 0.2) is 0 Å². The quantitative estimate of drug-likeness (QED) is 0.129. The lowest BCUT2D eigenvalue weighted by Gasteiger charge is -2.33. The molecule has 2 aliphatic rings. The van der Waals surface area contributed by atoms with Gasteiger partial charge in [-0.05, 0) is 67.6 Å². The fraction of sp³-hybridized carbons (Fsp3) is 0. The van der Waals surface area contributed by atoms with Crippen molar-refractivity contribution in [3.8, 4) is 11.4 Å². The minimum Gasteiger partial charge on any atom is -0.310 e. The van der Waals surface area contributed by atoms with Crippen molar-refractivity contribution in [2.45, 2.75) is 0 Å². The third kappa shape index (κ3) is 2.48. The first-order valence-corrected chi connectivity index (χ1v) is 15.8. The third-order valence-corrected chi connectivity index (χ3v) is 10.8. The summed E-state index contributed by atoms with van der Waals surface area (Å²) < 4.78 is 5.11. The van der Waals surface area contributed by atoms with E-state index in [0.29, 0.717) is 0 Å². The van der Waals surface area contributed by atoms with Crippen molar-refractivity contribution < 1.29 is 0 Å². The van der Waals surface area contributed by atoms with E-state index in [4.69, 9.17) is 0 Å². The van der Waals surface area contributed by atoms with Crippen molar-refractivity contribution in [3.63, 3.8) is 0 Å². The number of hydrogen-bond acceptors (Lipinski definition) is 0. The van der Waals surface area contributed by atoms with Crippen molar-refractivity contribution in [2.75, 3.05) is 0 Å². The zero-order valence-electron chi connectivity index (χ0n) is 24.3. The highest BCUT2D eigenvalue weighted by Crippen LogP contribution is 2.45. The Morgan fingerprint density at radius 1 is 0.356 bits per heavy atom. The summed E-state index contributed by atoms with van der Waals surface area (Å²) in [5.74, 6) is 0. The first kappa shape index (κ1) is 22.7. The van der Waals surface area contributed by atoms with Gasteiger partial charge in [0.05, 0.1) is 16.6 Å². The van der Waals surface area contributed by atoms with Gasteiger partial charge in [-0.15, -0.1) is 0 Å². The van der Waals surface area contributed by atoms with Crippen molar-refractivity contribution >= 4 is 99.0 Å². The van der Waals surface area contributed by atoms with E-state index >= 15 is 0 Å². The molecule has 0 N–H and O–H groups in total. The van der Waals surface area contributed by atoms with E-state index in [-0.39, 0.29) is 6.71 Å². The van der Waals surface area contributed by atoms with Crippen molar-refractivity contribution in [2.24, 2.45) is 0 Å². The Balaban J connectivity index is 1.40. The average Bonchev–Trinajstić information content (AvgIpc) is 3.63. The van der Waals surface area contributed by atoms with Crippen LogP contribution in [-0.4, -0.2) is 15.8 Å². The molecular formula is C42H23BN2. The summed E-state index contributed by atoms with van der Waals surface area (Å²) in [7, 11) is 0. The van der Waals surface area contributed by atoms with Gasteiger partial charge in [-0.25, -0.2) is 0 Å². The van der Waals surface area contributed by atoms with Gasteiger partial charge in [-0.2, -0.15) is 0 Å². The Hall–Kier alpha value is -5.80. The number of fused-ring (bicyclic) bond motifs is 17. The number of aromatic nitrogens is 2. The third-order valence-electron chi connectivity index (χ3n) is 10.8. The molecule has 0 radical (unpaired) electrons. The summed E-state index contributed by atoms with van der Waals surface area (Å²) in [5.41, 5.74) is 12.0. The Bertz CT molecular complexity index is 2990. The van der Waals surface area contributed by atoms with Crippen molar-refractivity contribution in [1.29, 1.82) is 0 Å². The summed E-state index contributed by atoms with van der Waals surface area (Å²) in [6, 6.07) is 52.4. The van der Waals surface area contributed by atoms with Crippen LogP contribution < -0.4 is 16.4 Å². The largest absolute Gasteiger partial charge is 0.310 e. The van der Waals surface area contributed by atoms with Crippen LogP contribution in [-0.2, 0) is 0 Å². The molecule has 2 aromatic heterocycles. The molecule has 0 fully saturated rings. The minimum atomic E-state index is 0.130. The summed E-state index contributed by atoms with van der Waals surface area (Å²) in [4.78, 5) is 0. The summed E-state index contributed by atoms with van der Waals surface area (Å²) >= 11 is 0. The van der Waals surface area contributed by atoms with Crippen LogP contribution in [0.2, 0.25) is 0 Å². The number of para-hydroxylation sites is 3. The molecule has 45 heavy (non-hydrogen) atoms. The highest BCUT2D eigenvalue weighted by Gasteiger charge is 2.41. The van der Waals surface area contributed by atoms with E-state index in [9.17, 15) is 0 Å². The lowest BCUT2D eigenvalue weighted by molar-refractivity contribution is 1.14. The first-order valence-electron chi connectivity index (χ1n) is 15.8. The molecule has 0 unspecified atom stereocenters. The Kier molecular flexibility index (Phi) is 3.85. The Labute approximate surface area is 258 Å². The summed E-state index contributed by atoms with van der Waals surface area (Å²) in [6.45, 7) is 0.130. The number of hydrogen-bond donors (Lipinski definition) is 0. The Morgan fingerprint density at radius 3 is 1.64 bits per heavy atom. The molecule has 2 nitrogen and oxygen atoms in total.